The minimum atomic E-state index is -0.247. The van der Waals surface area contributed by atoms with E-state index >= 15 is 0 Å². The molecular formula is C21H25N3O. The number of benzene rings is 1. The maximum absolute atomic E-state index is 12.8. The third kappa shape index (κ3) is 3.31. The molecule has 0 radical (unpaired) electrons. The molecular weight excluding hydrogens is 310 g/mol. The maximum Gasteiger partial charge on any atom is 0.226 e. The van der Waals surface area contributed by atoms with Gasteiger partial charge in [0.05, 0.1) is 11.1 Å². The fourth-order valence-corrected chi connectivity index (χ4v) is 4.17. The number of rotatable bonds is 2. The van der Waals surface area contributed by atoms with E-state index in [4.69, 9.17) is 0 Å². The van der Waals surface area contributed by atoms with Gasteiger partial charge < -0.3 is 5.32 Å². The maximum atomic E-state index is 12.8. The van der Waals surface area contributed by atoms with Crippen molar-refractivity contribution < 1.29 is 4.79 Å². The Labute approximate surface area is 149 Å². The fraction of sp³-hybridized carbons (Fsp3) is 0.429. The number of carbonyl (C=O) groups excluding carboxylic acids is 1. The van der Waals surface area contributed by atoms with E-state index in [1.807, 2.05) is 13.0 Å². The summed E-state index contributed by atoms with van der Waals surface area (Å²) in [5.74, 6) is 0.233. The molecule has 1 amide bonds. The Balaban J connectivity index is 1.47. The number of hydrogen-bond donors (Lipinski definition) is 1. The van der Waals surface area contributed by atoms with Crippen LogP contribution in [0, 0.1) is 12.3 Å². The van der Waals surface area contributed by atoms with Crippen LogP contribution >= 0.6 is 0 Å². The third-order valence-electron chi connectivity index (χ3n) is 5.71. The molecule has 1 aromatic carbocycles. The van der Waals surface area contributed by atoms with E-state index < -0.39 is 0 Å². The van der Waals surface area contributed by atoms with E-state index in [-0.39, 0.29) is 11.3 Å². The van der Waals surface area contributed by atoms with E-state index in [1.54, 1.807) is 0 Å². The van der Waals surface area contributed by atoms with Crippen LogP contribution in [0.15, 0.2) is 42.5 Å². The summed E-state index contributed by atoms with van der Waals surface area (Å²) in [6.45, 7) is 5.46. The van der Waals surface area contributed by atoms with Crippen molar-refractivity contribution in [1.29, 1.82) is 0 Å². The minimum absolute atomic E-state index is 0.233. The number of aromatic nitrogens is 1. The van der Waals surface area contributed by atoms with Crippen molar-refractivity contribution in [2.75, 3.05) is 13.1 Å². The zero-order chi connectivity index (χ0) is 17.3. The van der Waals surface area contributed by atoms with E-state index in [1.165, 1.54) is 11.1 Å². The zero-order valence-corrected chi connectivity index (χ0v) is 14.8. The summed E-state index contributed by atoms with van der Waals surface area (Å²) in [4.78, 5) is 19.9. The van der Waals surface area contributed by atoms with Crippen LogP contribution < -0.4 is 5.32 Å². The topological polar surface area (TPSA) is 45.2 Å². The highest BCUT2D eigenvalue weighted by molar-refractivity contribution is 5.83. The molecule has 1 saturated heterocycles. The smallest absolute Gasteiger partial charge is 0.226 e. The molecule has 3 heterocycles. The molecule has 1 fully saturated rings. The van der Waals surface area contributed by atoms with Gasteiger partial charge in [0.15, 0.2) is 0 Å². The quantitative estimate of drug-likeness (QED) is 0.918. The number of nitrogens with zero attached hydrogens (tertiary/aromatic N) is 2. The summed E-state index contributed by atoms with van der Waals surface area (Å²) in [5, 5.41) is 3.16. The van der Waals surface area contributed by atoms with Crippen molar-refractivity contribution >= 4 is 5.91 Å². The van der Waals surface area contributed by atoms with Gasteiger partial charge in [-0.2, -0.15) is 0 Å². The molecule has 4 nitrogen and oxygen atoms in total. The van der Waals surface area contributed by atoms with Gasteiger partial charge in [0.2, 0.25) is 5.91 Å². The number of likely N-dealkylation sites (tertiary alicyclic amines) is 1. The number of pyridine rings is 1. The highest BCUT2D eigenvalue weighted by Crippen LogP contribution is 2.38. The highest BCUT2D eigenvalue weighted by Gasteiger charge is 2.42. The summed E-state index contributed by atoms with van der Waals surface area (Å²) in [7, 11) is 0. The van der Waals surface area contributed by atoms with Gasteiger partial charge in [-0.1, -0.05) is 30.3 Å². The highest BCUT2D eigenvalue weighted by atomic mass is 16.2. The van der Waals surface area contributed by atoms with Crippen molar-refractivity contribution in [3.8, 4) is 0 Å². The fourth-order valence-electron chi connectivity index (χ4n) is 4.17. The van der Waals surface area contributed by atoms with Crippen LogP contribution in [-0.4, -0.2) is 28.9 Å². The lowest BCUT2D eigenvalue weighted by atomic mass is 9.73. The lowest BCUT2D eigenvalue weighted by Crippen LogP contribution is -2.48. The predicted octanol–water partition coefficient (Wildman–Crippen LogP) is 2.84. The second-order valence-corrected chi connectivity index (χ2v) is 7.45. The normalized spacial score (nSPS) is 20.0. The lowest BCUT2D eigenvalue weighted by molar-refractivity contribution is -0.133. The van der Waals surface area contributed by atoms with Crippen LogP contribution in [-0.2, 0) is 24.3 Å². The van der Waals surface area contributed by atoms with Crippen LogP contribution in [0.3, 0.4) is 0 Å². The van der Waals surface area contributed by atoms with Gasteiger partial charge in [0, 0.05) is 18.8 Å². The van der Waals surface area contributed by atoms with Gasteiger partial charge in [-0.05, 0) is 62.5 Å². The van der Waals surface area contributed by atoms with Crippen molar-refractivity contribution in [3.63, 3.8) is 0 Å². The summed E-state index contributed by atoms with van der Waals surface area (Å²) in [6.07, 6.45) is 2.70. The second-order valence-electron chi connectivity index (χ2n) is 7.45. The van der Waals surface area contributed by atoms with Crippen molar-refractivity contribution in [2.45, 2.75) is 39.3 Å². The van der Waals surface area contributed by atoms with Crippen LogP contribution in [0.4, 0.5) is 0 Å². The van der Waals surface area contributed by atoms with E-state index in [9.17, 15) is 4.79 Å². The number of amides is 1. The SMILES string of the molecule is Cc1cccc(CN2CCC3(CC2)Cc2ccccc2CNC3=O)n1. The Morgan fingerprint density at radius 1 is 1.08 bits per heavy atom. The standard InChI is InChI=1S/C21H25N3O/c1-16-5-4-8-19(23-16)15-24-11-9-21(10-12-24)13-17-6-2-3-7-18(17)14-22-20(21)25/h2-8H,9-15H2,1H3,(H,22,25). The lowest BCUT2D eigenvalue weighted by Gasteiger charge is -2.40. The van der Waals surface area contributed by atoms with Crippen LogP contribution in [0.25, 0.3) is 0 Å². The first-order valence-corrected chi connectivity index (χ1v) is 9.15. The number of fused-ring (bicyclic) bond motifs is 1. The molecule has 1 spiro atoms. The zero-order valence-electron chi connectivity index (χ0n) is 14.8. The monoisotopic (exact) mass is 335 g/mol. The molecule has 0 unspecified atom stereocenters. The van der Waals surface area contributed by atoms with Crippen LogP contribution in [0.2, 0.25) is 0 Å². The first-order chi connectivity index (χ1) is 12.1. The average Bonchev–Trinajstić information content (AvgIpc) is 2.75. The number of hydrogen-bond acceptors (Lipinski definition) is 3. The van der Waals surface area contributed by atoms with Crippen molar-refractivity contribution in [2.24, 2.45) is 5.41 Å². The Bertz CT molecular complexity index is 778. The molecule has 2 aromatic rings. The van der Waals surface area contributed by atoms with Gasteiger partial charge in [-0.25, -0.2) is 0 Å². The van der Waals surface area contributed by atoms with Gasteiger partial charge in [0.25, 0.3) is 0 Å². The first kappa shape index (κ1) is 16.3. The number of piperidine rings is 1. The Morgan fingerprint density at radius 2 is 1.84 bits per heavy atom. The van der Waals surface area contributed by atoms with Crippen LogP contribution in [0.1, 0.15) is 35.4 Å². The second kappa shape index (κ2) is 6.60. The minimum Gasteiger partial charge on any atom is -0.352 e. The number of nitrogens with one attached hydrogen (secondary N) is 1. The molecule has 0 aliphatic carbocycles. The van der Waals surface area contributed by atoms with Gasteiger partial charge in [-0.15, -0.1) is 0 Å². The van der Waals surface area contributed by atoms with E-state index in [0.717, 1.165) is 50.3 Å². The van der Waals surface area contributed by atoms with Crippen molar-refractivity contribution in [3.05, 3.63) is 65.0 Å². The Kier molecular flexibility index (Phi) is 4.30. The van der Waals surface area contributed by atoms with Gasteiger partial charge in [0.1, 0.15) is 0 Å². The van der Waals surface area contributed by atoms with Crippen LogP contribution in [0.5, 0.6) is 0 Å². The first-order valence-electron chi connectivity index (χ1n) is 9.15. The van der Waals surface area contributed by atoms with E-state index in [0.29, 0.717) is 6.54 Å². The molecule has 1 aromatic heterocycles. The largest absolute Gasteiger partial charge is 0.352 e. The molecule has 2 aliphatic heterocycles. The molecule has 0 bridgehead atoms. The molecule has 4 heteroatoms. The Hall–Kier alpha value is -2.20. The summed E-state index contributed by atoms with van der Waals surface area (Å²) in [5.41, 5.74) is 4.52. The third-order valence-corrected chi connectivity index (χ3v) is 5.71. The summed E-state index contributed by atoms with van der Waals surface area (Å²) < 4.78 is 0. The molecule has 4 rings (SSSR count). The average molecular weight is 335 g/mol. The molecule has 0 atom stereocenters. The van der Waals surface area contributed by atoms with Gasteiger partial charge >= 0.3 is 0 Å². The molecule has 1 N–H and O–H groups in total. The Morgan fingerprint density at radius 3 is 2.60 bits per heavy atom. The van der Waals surface area contributed by atoms with E-state index in [2.05, 4.69) is 51.6 Å². The van der Waals surface area contributed by atoms with Crippen molar-refractivity contribution in [1.82, 2.24) is 15.2 Å². The number of carbonyl (C=O) groups is 1. The summed E-state index contributed by atoms with van der Waals surface area (Å²) >= 11 is 0. The molecule has 25 heavy (non-hydrogen) atoms. The number of aryl methyl sites for hydroxylation is 1. The molecule has 0 saturated carbocycles. The summed E-state index contributed by atoms with van der Waals surface area (Å²) in [6, 6.07) is 14.6. The molecule has 130 valence electrons. The molecule has 2 aliphatic rings. The predicted molar refractivity (Wildman–Crippen MR) is 97.9 cm³/mol. The van der Waals surface area contributed by atoms with Gasteiger partial charge in [-0.3, -0.25) is 14.7 Å².